The number of rotatable bonds is 5. The van der Waals surface area contributed by atoms with Gasteiger partial charge in [-0.15, -0.1) is 11.3 Å². The highest BCUT2D eigenvalue weighted by Crippen LogP contribution is 2.31. The Bertz CT molecular complexity index is 958. The van der Waals surface area contributed by atoms with E-state index in [1.165, 1.54) is 30.4 Å². The standard InChI is InChI=1S/C18H17FN2O2S/c1-3-15-20-17-16(18(23)21(15)9-8-11(2)22)14(10-24-17)12-4-6-13(19)7-5-12/h4-7,10H,3,8-9H2,1-2H3. The number of carbonyl (C=O) groups excluding carboxylic acids is 1. The third-order valence-corrected chi connectivity index (χ3v) is 4.80. The van der Waals surface area contributed by atoms with Crippen LogP contribution in [0.2, 0.25) is 0 Å². The molecule has 0 radical (unpaired) electrons. The van der Waals surface area contributed by atoms with Crippen LogP contribution in [0.1, 0.15) is 26.1 Å². The Morgan fingerprint density at radius 1 is 1.29 bits per heavy atom. The van der Waals surface area contributed by atoms with Gasteiger partial charge in [-0.25, -0.2) is 9.37 Å². The van der Waals surface area contributed by atoms with Gasteiger partial charge in [-0.05, 0) is 24.6 Å². The largest absolute Gasteiger partial charge is 0.300 e. The number of fused-ring (bicyclic) bond motifs is 1. The minimum atomic E-state index is -0.316. The molecule has 24 heavy (non-hydrogen) atoms. The topological polar surface area (TPSA) is 52.0 Å². The van der Waals surface area contributed by atoms with Crippen LogP contribution in [-0.2, 0) is 17.8 Å². The molecule has 6 heteroatoms. The van der Waals surface area contributed by atoms with Crippen molar-refractivity contribution in [3.05, 3.63) is 51.6 Å². The normalized spacial score (nSPS) is 11.1. The maximum Gasteiger partial charge on any atom is 0.262 e. The van der Waals surface area contributed by atoms with Gasteiger partial charge in [0.15, 0.2) is 0 Å². The maximum atomic E-state index is 13.2. The van der Waals surface area contributed by atoms with Gasteiger partial charge in [-0.3, -0.25) is 14.2 Å². The van der Waals surface area contributed by atoms with Crippen LogP contribution >= 0.6 is 11.3 Å². The molecule has 0 bridgehead atoms. The van der Waals surface area contributed by atoms with Crippen molar-refractivity contribution in [3.8, 4) is 11.1 Å². The summed E-state index contributed by atoms with van der Waals surface area (Å²) in [5.74, 6) is 0.401. The number of nitrogens with zero attached hydrogens (tertiary/aromatic N) is 2. The summed E-state index contributed by atoms with van der Waals surface area (Å²) in [6.45, 7) is 3.78. The zero-order valence-electron chi connectivity index (χ0n) is 13.5. The Kier molecular flexibility index (Phi) is 4.57. The summed E-state index contributed by atoms with van der Waals surface area (Å²) in [5, 5.41) is 2.41. The number of aryl methyl sites for hydroxylation is 1. The first-order chi connectivity index (χ1) is 11.5. The van der Waals surface area contributed by atoms with E-state index in [0.29, 0.717) is 35.4 Å². The second-order valence-electron chi connectivity index (χ2n) is 5.63. The van der Waals surface area contributed by atoms with Gasteiger partial charge in [-0.2, -0.15) is 0 Å². The summed E-state index contributed by atoms with van der Waals surface area (Å²) in [6.07, 6.45) is 0.920. The Labute approximate surface area is 142 Å². The van der Waals surface area contributed by atoms with E-state index < -0.39 is 0 Å². The van der Waals surface area contributed by atoms with Gasteiger partial charge < -0.3 is 0 Å². The Balaban J connectivity index is 2.20. The first-order valence-corrected chi connectivity index (χ1v) is 8.65. The fourth-order valence-corrected chi connectivity index (χ4v) is 3.63. The van der Waals surface area contributed by atoms with Crippen LogP contribution in [0, 0.1) is 5.82 Å². The molecule has 4 nitrogen and oxygen atoms in total. The van der Waals surface area contributed by atoms with Gasteiger partial charge >= 0.3 is 0 Å². The molecule has 0 spiro atoms. The lowest BCUT2D eigenvalue weighted by atomic mass is 10.1. The minimum Gasteiger partial charge on any atom is -0.300 e. The first kappa shape index (κ1) is 16.5. The van der Waals surface area contributed by atoms with Crippen LogP contribution in [-0.4, -0.2) is 15.3 Å². The quantitative estimate of drug-likeness (QED) is 0.707. The fraction of sp³-hybridized carbons (Fsp3) is 0.278. The van der Waals surface area contributed by atoms with E-state index in [2.05, 4.69) is 4.98 Å². The van der Waals surface area contributed by atoms with E-state index in [-0.39, 0.29) is 17.2 Å². The summed E-state index contributed by atoms with van der Waals surface area (Å²) < 4.78 is 14.7. The second kappa shape index (κ2) is 6.65. The molecular weight excluding hydrogens is 327 g/mol. The molecule has 2 heterocycles. The molecule has 0 aliphatic rings. The van der Waals surface area contributed by atoms with Crippen LogP contribution in [0.3, 0.4) is 0 Å². The SMILES string of the molecule is CCc1nc2scc(-c3ccc(F)cc3)c2c(=O)n1CCC(C)=O. The zero-order valence-corrected chi connectivity index (χ0v) is 14.3. The van der Waals surface area contributed by atoms with Crippen molar-refractivity contribution in [2.24, 2.45) is 0 Å². The van der Waals surface area contributed by atoms with Crippen molar-refractivity contribution >= 4 is 27.3 Å². The van der Waals surface area contributed by atoms with Gasteiger partial charge in [0.1, 0.15) is 22.3 Å². The van der Waals surface area contributed by atoms with Crippen LogP contribution in [0.4, 0.5) is 4.39 Å². The number of carbonyl (C=O) groups is 1. The predicted octanol–water partition coefficient (Wildman–Crippen LogP) is 3.81. The number of thiophene rings is 1. The molecule has 0 atom stereocenters. The van der Waals surface area contributed by atoms with Gasteiger partial charge in [0.2, 0.25) is 0 Å². The first-order valence-electron chi connectivity index (χ1n) is 7.77. The lowest BCUT2D eigenvalue weighted by Crippen LogP contribution is -2.25. The average molecular weight is 344 g/mol. The highest BCUT2D eigenvalue weighted by atomic mass is 32.1. The number of hydrogen-bond acceptors (Lipinski definition) is 4. The van der Waals surface area contributed by atoms with Crippen LogP contribution in [0.5, 0.6) is 0 Å². The molecule has 0 unspecified atom stereocenters. The van der Waals surface area contributed by atoms with Gasteiger partial charge in [0.05, 0.1) is 5.39 Å². The summed E-state index contributed by atoms with van der Waals surface area (Å²) >= 11 is 1.40. The molecule has 0 fully saturated rings. The van der Waals surface area contributed by atoms with Gasteiger partial charge in [-0.1, -0.05) is 19.1 Å². The fourth-order valence-electron chi connectivity index (χ4n) is 2.68. The number of Topliss-reactive ketones (excluding diaryl/α,β-unsaturated/α-hetero) is 1. The number of ketones is 1. The number of benzene rings is 1. The summed E-state index contributed by atoms with van der Waals surface area (Å²) in [5.41, 5.74) is 1.40. The summed E-state index contributed by atoms with van der Waals surface area (Å²) in [7, 11) is 0. The molecule has 0 aliphatic carbocycles. The van der Waals surface area contributed by atoms with E-state index in [0.717, 1.165) is 11.1 Å². The average Bonchev–Trinajstić information content (AvgIpc) is 2.98. The van der Waals surface area contributed by atoms with E-state index >= 15 is 0 Å². The van der Waals surface area contributed by atoms with Crippen molar-refractivity contribution in [3.63, 3.8) is 0 Å². The Hall–Kier alpha value is -2.34. The number of aromatic nitrogens is 2. The lowest BCUT2D eigenvalue weighted by Gasteiger charge is -2.11. The van der Waals surface area contributed by atoms with E-state index in [1.54, 1.807) is 16.7 Å². The van der Waals surface area contributed by atoms with E-state index in [4.69, 9.17) is 0 Å². The molecule has 0 aliphatic heterocycles. The van der Waals surface area contributed by atoms with Crippen molar-refractivity contribution < 1.29 is 9.18 Å². The van der Waals surface area contributed by atoms with Crippen molar-refractivity contribution in [1.29, 1.82) is 0 Å². The van der Waals surface area contributed by atoms with Gasteiger partial charge in [0.25, 0.3) is 5.56 Å². The van der Waals surface area contributed by atoms with Gasteiger partial charge in [0, 0.05) is 30.3 Å². The van der Waals surface area contributed by atoms with Crippen LogP contribution in [0.15, 0.2) is 34.4 Å². The van der Waals surface area contributed by atoms with Crippen molar-refractivity contribution in [2.75, 3.05) is 0 Å². The van der Waals surface area contributed by atoms with Crippen LogP contribution < -0.4 is 5.56 Å². The lowest BCUT2D eigenvalue weighted by molar-refractivity contribution is -0.117. The molecule has 0 N–H and O–H groups in total. The minimum absolute atomic E-state index is 0.0353. The summed E-state index contributed by atoms with van der Waals surface area (Å²) in [6, 6.07) is 6.07. The van der Waals surface area contributed by atoms with Crippen molar-refractivity contribution in [1.82, 2.24) is 9.55 Å². The molecule has 0 amide bonds. The molecule has 0 saturated carbocycles. The molecule has 2 aromatic heterocycles. The van der Waals surface area contributed by atoms with E-state index in [9.17, 15) is 14.0 Å². The number of halogens is 1. The maximum absolute atomic E-state index is 13.2. The molecule has 1 aromatic carbocycles. The van der Waals surface area contributed by atoms with Crippen molar-refractivity contribution in [2.45, 2.75) is 33.2 Å². The smallest absolute Gasteiger partial charge is 0.262 e. The second-order valence-corrected chi connectivity index (χ2v) is 6.48. The van der Waals surface area contributed by atoms with E-state index in [1.807, 2.05) is 12.3 Å². The highest BCUT2D eigenvalue weighted by Gasteiger charge is 2.16. The molecule has 3 aromatic rings. The zero-order chi connectivity index (χ0) is 17.3. The third kappa shape index (κ3) is 3.01. The molecule has 3 rings (SSSR count). The molecular formula is C18H17FN2O2S. The monoisotopic (exact) mass is 344 g/mol. The Morgan fingerprint density at radius 2 is 2.00 bits per heavy atom. The number of hydrogen-bond donors (Lipinski definition) is 0. The third-order valence-electron chi connectivity index (χ3n) is 3.93. The highest BCUT2D eigenvalue weighted by molar-refractivity contribution is 7.17. The molecule has 124 valence electrons. The Morgan fingerprint density at radius 3 is 2.62 bits per heavy atom. The summed E-state index contributed by atoms with van der Waals surface area (Å²) in [4.78, 5) is 29.5. The van der Waals surface area contributed by atoms with Crippen LogP contribution in [0.25, 0.3) is 21.3 Å². The molecule has 0 saturated heterocycles. The predicted molar refractivity (Wildman–Crippen MR) is 94.0 cm³/mol.